The minimum absolute atomic E-state index is 0.360. The van der Waals surface area contributed by atoms with Gasteiger partial charge in [-0.3, -0.25) is 4.98 Å². The fourth-order valence-electron chi connectivity index (χ4n) is 3.62. The fourth-order valence-corrected chi connectivity index (χ4v) is 3.62. The van der Waals surface area contributed by atoms with Crippen LogP contribution in [0.4, 0.5) is 0 Å². The highest BCUT2D eigenvalue weighted by Crippen LogP contribution is 2.34. The topological polar surface area (TPSA) is 28.2 Å². The van der Waals surface area contributed by atoms with Gasteiger partial charge in [0.1, 0.15) is 0 Å². The van der Waals surface area contributed by atoms with Crippen LogP contribution < -0.4 is 5.32 Å². The Labute approximate surface area is 110 Å². The lowest BCUT2D eigenvalue weighted by Crippen LogP contribution is -2.47. The molecule has 0 spiro atoms. The minimum Gasteiger partial charge on any atom is -0.306 e. The Morgan fingerprint density at radius 3 is 2.61 bits per heavy atom. The van der Waals surface area contributed by atoms with Crippen LogP contribution in [0.1, 0.15) is 44.3 Å². The SMILES string of the molecule is C[C@@H](NC1CC2CCC(C1)N2C)c1ccccn1. The van der Waals surface area contributed by atoms with E-state index in [1.54, 1.807) is 0 Å². The first-order valence-corrected chi connectivity index (χ1v) is 7.13. The van der Waals surface area contributed by atoms with Gasteiger partial charge in [-0.05, 0) is 51.8 Å². The Kier molecular flexibility index (Phi) is 3.35. The van der Waals surface area contributed by atoms with Gasteiger partial charge in [0.2, 0.25) is 0 Å². The number of nitrogens with one attached hydrogen (secondary N) is 1. The summed E-state index contributed by atoms with van der Waals surface area (Å²) in [4.78, 5) is 7.03. The first kappa shape index (κ1) is 12.1. The molecule has 0 amide bonds. The molecule has 1 aromatic heterocycles. The smallest absolute Gasteiger partial charge is 0.0570 e. The molecule has 3 heteroatoms. The van der Waals surface area contributed by atoms with E-state index in [1.807, 2.05) is 12.3 Å². The zero-order chi connectivity index (χ0) is 12.5. The summed E-state index contributed by atoms with van der Waals surface area (Å²) >= 11 is 0. The third-order valence-electron chi connectivity index (χ3n) is 4.72. The largest absolute Gasteiger partial charge is 0.306 e. The third kappa shape index (κ3) is 2.29. The maximum absolute atomic E-state index is 4.44. The average Bonchev–Trinajstić information content (AvgIpc) is 2.63. The van der Waals surface area contributed by atoms with E-state index in [2.05, 4.69) is 41.3 Å². The van der Waals surface area contributed by atoms with E-state index in [9.17, 15) is 0 Å². The maximum Gasteiger partial charge on any atom is 0.0570 e. The summed E-state index contributed by atoms with van der Waals surface area (Å²) in [5.74, 6) is 0. The summed E-state index contributed by atoms with van der Waals surface area (Å²) in [5, 5.41) is 3.77. The van der Waals surface area contributed by atoms with Gasteiger partial charge in [-0.25, -0.2) is 0 Å². The second kappa shape index (κ2) is 4.98. The molecular formula is C15H23N3. The number of piperidine rings is 1. The molecule has 2 unspecified atom stereocenters. The van der Waals surface area contributed by atoms with Gasteiger partial charge in [0.25, 0.3) is 0 Å². The van der Waals surface area contributed by atoms with Crippen LogP contribution in [0.2, 0.25) is 0 Å². The van der Waals surface area contributed by atoms with Gasteiger partial charge in [0.05, 0.1) is 5.69 Å². The number of pyridine rings is 1. The Hall–Kier alpha value is -0.930. The second-order valence-electron chi connectivity index (χ2n) is 5.86. The molecule has 1 N–H and O–H groups in total. The lowest BCUT2D eigenvalue weighted by molar-refractivity contribution is 0.144. The monoisotopic (exact) mass is 245 g/mol. The second-order valence-corrected chi connectivity index (χ2v) is 5.86. The van der Waals surface area contributed by atoms with Gasteiger partial charge in [-0.1, -0.05) is 6.07 Å². The van der Waals surface area contributed by atoms with E-state index in [0.29, 0.717) is 12.1 Å². The first-order valence-electron chi connectivity index (χ1n) is 7.13. The molecule has 98 valence electrons. The van der Waals surface area contributed by atoms with E-state index in [0.717, 1.165) is 17.8 Å². The Bertz CT molecular complexity index is 378. The number of hydrogen-bond acceptors (Lipinski definition) is 3. The van der Waals surface area contributed by atoms with Gasteiger partial charge >= 0.3 is 0 Å². The molecule has 3 rings (SSSR count). The Morgan fingerprint density at radius 2 is 2.00 bits per heavy atom. The highest BCUT2D eigenvalue weighted by atomic mass is 15.2. The molecule has 2 aliphatic rings. The molecule has 3 heterocycles. The van der Waals surface area contributed by atoms with Crippen molar-refractivity contribution < 1.29 is 0 Å². The van der Waals surface area contributed by atoms with Crippen molar-refractivity contribution in [2.75, 3.05) is 7.05 Å². The van der Waals surface area contributed by atoms with Crippen LogP contribution in [0.5, 0.6) is 0 Å². The van der Waals surface area contributed by atoms with Crippen LogP contribution in [-0.2, 0) is 0 Å². The van der Waals surface area contributed by atoms with Crippen molar-refractivity contribution in [3.05, 3.63) is 30.1 Å². The van der Waals surface area contributed by atoms with Gasteiger partial charge in [-0.2, -0.15) is 0 Å². The van der Waals surface area contributed by atoms with Crippen molar-refractivity contribution in [3.8, 4) is 0 Å². The molecule has 3 nitrogen and oxygen atoms in total. The van der Waals surface area contributed by atoms with Gasteiger partial charge in [0, 0.05) is 30.4 Å². The molecule has 2 fully saturated rings. The van der Waals surface area contributed by atoms with Crippen molar-refractivity contribution in [1.82, 2.24) is 15.2 Å². The van der Waals surface area contributed by atoms with E-state index in [1.165, 1.54) is 25.7 Å². The maximum atomic E-state index is 4.44. The van der Waals surface area contributed by atoms with Crippen molar-refractivity contribution >= 4 is 0 Å². The number of hydrogen-bond donors (Lipinski definition) is 1. The van der Waals surface area contributed by atoms with E-state index in [4.69, 9.17) is 0 Å². The molecule has 0 radical (unpaired) electrons. The van der Waals surface area contributed by atoms with Crippen LogP contribution in [-0.4, -0.2) is 35.1 Å². The molecule has 0 aromatic carbocycles. The normalized spacial score (nSPS) is 33.6. The summed E-state index contributed by atoms with van der Waals surface area (Å²) in [6.45, 7) is 2.22. The molecule has 1 aromatic rings. The molecule has 3 atom stereocenters. The number of nitrogens with zero attached hydrogens (tertiary/aromatic N) is 2. The first-order chi connectivity index (χ1) is 8.74. The summed E-state index contributed by atoms with van der Waals surface area (Å²) in [6.07, 6.45) is 7.24. The predicted octanol–water partition coefficient (Wildman–Crippen LogP) is 2.36. The Morgan fingerprint density at radius 1 is 1.28 bits per heavy atom. The highest BCUT2D eigenvalue weighted by Gasteiger charge is 2.38. The van der Waals surface area contributed by atoms with Crippen LogP contribution in [0.3, 0.4) is 0 Å². The zero-order valence-electron chi connectivity index (χ0n) is 11.3. The molecule has 18 heavy (non-hydrogen) atoms. The Balaban J connectivity index is 1.61. The van der Waals surface area contributed by atoms with Crippen LogP contribution in [0, 0.1) is 0 Å². The number of fused-ring (bicyclic) bond motifs is 2. The van der Waals surface area contributed by atoms with Crippen LogP contribution in [0.25, 0.3) is 0 Å². The lowest BCUT2D eigenvalue weighted by atomic mass is 9.97. The minimum atomic E-state index is 0.360. The molecule has 2 saturated heterocycles. The van der Waals surface area contributed by atoms with Gasteiger partial charge in [0.15, 0.2) is 0 Å². The van der Waals surface area contributed by atoms with E-state index in [-0.39, 0.29) is 0 Å². The van der Waals surface area contributed by atoms with Crippen LogP contribution in [0.15, 0.2) is 24.4 Å². The van der Waals surface area contributed by atoms with Crippen molar-refractivity contribution in [2.24, 2.45) is 0 Å². The quantitative estimate of drug-likeness (QED) is 0.886. The molecule has 2 bridgehead atoms. The predicted molar refractivity (Wildman–Crippen MR) is 73.4 cm³/mol. The average molecular weight is 245 g/mol. The number of rotatable bonds is 3. The van der Waals surface area contributed by atoms with Crippen LogP contribution >= 0.6 is 0 Å². The molecule has 2 aliphatic heterocycles. The summed E-state index contributed by atoms with van der Waals surface area (Å²) in [5.41, 5.74) is 1.16. The number of aromatic nitrogens is 1. The van der Waals surface area contributed by atoms with Gasteiger partial charge in [-0.15, -0.1) is 0 Å². The van der Waals surface area contributed by atoms with Crippen molar-refractivity contribution in [2.45, 2.75) is 56.8 Å². The van der Waals surface area contributed by atoms with Crippen molar-refractivity contribution in [3.63, 3.8) is 0 Å². The summed E-state index contributed by atoms with van der Waals surface area (Å²) < 4.78 is 0. The fraction of sp³-hybridized carbons (Fsp3) is 0.667. The van der Waals surface area contributed by atoms with Gasteiger partial charge < -0.3 is 10.2 Å². The third-order valence-corrected chi connectivity index (χ3v) is 4.72. The highest BCUT2D eigenvalue weighted by molar-refractivity contribution is 5.08. The summed E-state index contributed by atoms with van der Waals surface area (Å²) in [7, 11) is 2.29. The van der Waals surface area contributed by atoms with Crippen molar-refractivity contribution in [1.29, 1.82) is 0 Å². The van der Waals surface area contributed by atoms with E-state index < -0.39 is 0 Å². The lowest BCUT2D eigenvalue weighted by Gasteiger charge is -2.37. The van der Waals surface area contributed by atoms with E-state index >= 15 is 0 Å². The molecule has 0 aliphatic carbocycles. The molecule has 0 saturated carbocycles. The zero-order valence-corrected chi connectivity index (χ0v) is 11.3. The standard InChI is InChI=1S/C15H23N3/c1-11(15-5-3-4-8-16-15)17-12-9-13-6-7-14(10-12)18(13)2/h3-5,8,11-14,17H,6-7,9-10H2,1-2H3/t11-,12?,13?,14?/m1/s1. The molecular weight excluding hydrogens is 222 g/mol. The summed E-state index contributed by atoms with van der Waals surface area (Å²) in [6, 6.07) is 8.79.